The lowest BCUT2D eigenvalue weighted by molar-refractivity contribution is 0.331. The maximum absolute atomic E-state index is 13.0. The molecule has 3 rings (SSSR count). The number of hydrogen-bond donors (Lipinski definition) is 2. The minimum absolute atomic E-state index is 0.222. The van der Waals surface area contributed by atoms with Crippen LogP contribution in [0.3, 0.4) is 0 Å². The number of ether oxygens (including phenoxy) is 2. The van der Waals surface area contributed by atoms with Gasteiger partial charge in [0.15, 0.2) is 0 Å². The van der Waals surface area contributed by atoms with E-state index in [0.717, 1.165) is 35.1 Å². The fourth-order valence-electron chi connectivity index (χ4n) is 2.75. The first-order valence-electron chi connectivity index (χ1n) is 9.47. The average Bonchev–Trinajstić information content (AvgIpc) is 2.73. The molecule has 0 fully saturated rings. The van der Waals surface area contributed by atoms with Crippen LogP contribution in [-0.4, -0.2) is 36.8 Å². The zero-order chi connectivity index (χ0) is 20.5. The van der Waals surface area contributed by atoms with Gasteiger partial charge < -0.3 is 20.1 Å². The van der Waals surface area contributed by atoms with E-state index in [9.17, 15) is 4.39 Å². The highest BCUT2D eigenvalue weighted by atomic mass is 19.1. The predicted octanol–water partition coefficient (Wildman–Crippen LogP) is 4.08. The highest BCUT2D eigenvalue weighted by Crippen LogP contribution is 2.17. The summed E-state index contributed by atoms with van der Waals surface area (Å²) in [5.74, 6) is 3.52. The van der Waals surface area contributed by atoms with Gasteiger partial charge in [-0.3, -0.25) is 0 Å². The molecular formula is C22H25FN4O2. The normalized spacial score (nSPS) is 10.4. The molecule has 0 spiro atoms. The van der Waals surface area contributed by atoms with E-state index in [1.165, 1.54) is 12.1 Å². The summed E-state index contributed by atoms with van der Waals surface area (Å²) in [7, 11) is 1.63. The Morgan fingerprint density at radius 1 is 0.862 bits per heavy atom. The first kappa shape index (κ1) is 20.4. The minimum Gasteiger partial charge on any atom is -0.497 e. The molecule has 29 heavy (non-hydrogen) atoms. The molecule has 0 saturated heterocycles. The van der Waals surface area contributed by atoms with Crippen LogP contribution in [0, 0.1) is 12.7 Å². The lowest BCUT2D eigenvalue weighted by Crippen LogP contribution is -2.14. The van der Waals surface area contributed by atoms with Gasteiger partial charge in [-0.25, -0.2) is 14.4 Å². The zero-order valence-electron chi connectivity index (χ0n) is 16.6. The van der Waals surface area contributed by atoms with Crippen LogP contribution in [0.25, 0.3) is 0 Å². The van der Waals surface area contributed by atoms with E-state index in [-0.39, 0.29) is 5.82 Å². The summed E-state index contributed by atoms with van der Waals surface area (Å²) in [6.45, 7) is 3.66. The van der Waals surface area contributed by atoms with Gasteiger partial charge in [-0.1, -0.05) is 12.1 Å². The molecule has 152 valence electrons. The Morgan fingerprint density at radius 3 is 2.14 bits per heavy atom. The predicted molar refractivity (Wildman–Crippen MR) is 112 cm³/mol. The molecule has 0 aliphatic heterocycles. The monoisotopic (exact) mass is 396 g/mol. The number of anilines is 2. The lowest BCUT2D eigenvalue weighted by atomic mass is 10.1. The van der Waals surface area contributed by atoms with Crippen molar-refractivity contribution in [3.8, 4) is 11.5 Å². The van der Waals surface area contributed by atoms with Crippen LogP contribution in [-0.2, 0) is 6.42 Å². The first-order valence-corrected chi connectivity index (χ1v) is 9.47. The molecule has 0 saturated carbocycles. The fraction of sp³-hybridized carbons (Fsp3) is 0.273. The summed E-state index contributed by atoms with van der Waals surface area (Å²) in [6, 6.07) is 15.9. The smallest absolute Gasteiger partial charge is 0.131 e. The number of benzene rings is 2. The van der Waals surface area contributed by atoms with E-state index >= 15 is 0 Å². The summed E-state index contributed by atoms with van der Waals surface area (Å²) in [5.41, 5.74) is 1.07. The number of rotatable bonds is 10. The molecule has 0 radical (unpaired) electrons. The van der Waals surface area contributed by atoms with Crippen molar-refractivity contribution in [2.24, 2.45) is 0 Å². The summed E-state index contributed by atoms with van der Waals surface area (Å²) >= 11 is 0. The van der Waals surface area contributed by atoms with Crippen molar-refractivity contribution in [2.75, 3.05) is 37.4 Å². The van der Waals surface area contributed by atoms with Crippen molar-refractivity contribution in [1.82, 2.24) is 9.97 Å². The van der Waals surface area contributed by atoms with Gasteiger partial charge in [-0.15, -0.1) is 0 Å². The van der Waals surface area contributed by atoms with Gasteiger partial charge >= 0.3 is 0 Å². The Balaban J connectivity index is 1.44. The molecule has 0 unspecified atom stereocenters. The summed E-state index contributed by atoms with van der Waals surface area (Å²) in [5, 5.41) is 6.54. The lowest BCUT2D eigenvalue weighted by Gasteiger charge is -2.11. The Bertz CT molecular complexity index is 902. The van der Waals surface area contributed by atoms with Crippen molar-refractivity contribution in [3.05, 3.63) is 71.8 Å². The molecule has 0 atom stereocenters. The topological polar surface area (TPSA) is 68.3 Å². The Hall–Kier alpha value is -3.35. The molecular weight excluding hydrogens is 371 g/mol. The largest absolute Gasteiger partial charge is 0.497 e. The summed E-state index contributed by atoms with van der Waals surface area (Å²) < 4.78 is 23.8. The summed E-state index contributed by atoms with van der Waals surface area (Å²) in [4.78, 5) is 8.81. The fourth-order valence-corrected chi connectivity index (χ4v) is 2.75. The second-order valence-electron chi connectivity index (χ2n) is 6.44. The maximum Gasteiger partial charge on any atom is 0.131 e. The molecule has 0 bridgehead atoms. The molecule has 1 heterocycles. The van der Waals surface area contributed by atoms with Gasteiger partial charge in [0.05, 0.1) is 13.7 Å². The second-order valence-corrected chi connectivity index (χ2v) is 6.44. The van der Waals surface area contributed by atoms with E-state index in [1.807, 2.05) is 37.3 Å². The number of nitrogens with zero attached hydrogens (tertiary/aromatic N) is 2. The maximum atomic E-state index is 13.0. The van der Waals surface area contributed by atoms with Crippen LogP contribution in [0.2, 0.25) is 0 Å². The standard InChI is InChI=1S/C22H25FN4O2/c1-16-26-21(24-12-11-17-3-5-18(23)6-4-17)15-22(27-16)25-13-14-29-20-9-7-19(28-2)8-10-20/h3-10,15H,11-14H2,1-2H3,(H2,24,25,26,27). The molecule has 0 aliphatic carbocycles. The van der Waals surface area contributed by atoms with Gasteiger partial charge in [0, 0.05) is 12.6 Å². The summed E-state index contributed by atoms with van der Waals surface area (Å²) in [6.07, 6.45) is 0.780. The van der Waals surface area contributed by atoms with Crippen molar-refractivity contribution >= 4 is 11.6 Å². The Morgan fingerprint density at radius 2 is 1.48 bits per heavy atom. The van der Waals surface area contributed by atoms with Gasteiger partial charge in [-0.2, -0.15) is 0 Å². The second kappa shape index (κ2) is 10.3. The van der Waals surface area contributed by atoms with E-state index < -0.39 is 0 Å². The molecule has 2 aromatic carbocycles. The number of hydrogen-bond acceptors (Lipinski definition) is 6. The Labute approximate surface area is 170 Å². The number of halogens is 1. The van der Waals surface area contributed by atoms with Crippen LogP contribution >= 0.6 is 0 Å². The molecule has 0 aliphatic rings. The first-order chi connectivity index (χ1) is 14.1. The third-order valence-electron chi connectivity index (χ3n) is 4.21. The van der Waals surface area contributed by atoms with Crippen LogP contribution in [0.5, 0.6) is 11.5 Å². The van der Waals surface area contributed by atoms with Crippen LogP contribution in [0.1, 0.15) is 11.4 Å². The SMILES string of the molecule is COc1ccc(OCCNc2cc(NCCc3ccc(F)cc3)nc(C)n2)cc1. The average molecular weight is 396 g/mol. The van der Waals surface area contributed by atoms with Crippen molar-refractivity contribution in [1.29, 1.82) is 0 Å². The van der Waals surface area contributed by atoms with Gasteiger partial charge in [0.1, 0.15) is 41.4 Å². The molecule has 3 aromatic rings. The van der Waals surface area contributed by atoms with E-state index in [4.69, 9.17) is 9.47 Å². The van der Waals surface area contributed by atoms with Crippen molar-refractivity contribution < 1.29 is 13.9 Å². The molecule has 6 nitrogen and oxygen atoms in total. The third kappa shape index (κ3) is 6.64. The zero-order valence-corrected chi connectivity index (χ0v) is 16.6. The van der Waals surface area contributed by atoms with Gasteiger partial charge in [0.2, 0.25) is 0 Å². The van der Waals surface area contributed by atoms with Crippen molar-refractivity contribution in [3.63, 3.8) is 0 Å². The van der Waals surface area contributed by atoms with E-state index in [2.05, 4.69) is 20.6 Å². The van der Waals surface area contributed by atoms with E-state index in [1.54, 1.807) is 19.2 Å². The molecule has 0 amide bonds. The Kier molecular flexibility index (Phi) is 7.22. The third-order valence-corrected chi connectivity index (χ3v) is 4.21. The van der Waals surface area contributed by atoms with Crippen molar-refractivity contribution in [2.45, 2.75) is 13.3 Å². The highest BCUT2D eigenvalue weighted by Gasteiger charge is 2.03. The van der Waals surface area contributed by atoms with Crippen LogP contribution < -0.4 is 20.1 Å². The number of aromatic nitrogens is 2. The van der Waals surface area contributed by atoms with Crippen LogP contribution in [0.4, 0.5) is 16.0 Å². The quantitative estimate of drug-likeness (QED) is 0.504. The van der Waals surface area contributed by atoms with Crippen LogP contribution in [0.15, 0.2) is 54.6 Å². The number of nitrogens with one attached hydrogen (secondary N) is 2. The van der Waals surface area contributed by atoms with Gasteiger partial charge in [0.25, 0.3) is 0 Å². The van der Waals surface area contributed by atoms with Gasteiger partial charge in [-0.05, 0) is 55.3 Å². The molecule has 2 N–H and O–H groups in total. The van der Waals surface area contributed by atoms with E-state index in [0.29, 0.717) is 25.5 Å². The minimum atomic E-state index is -0.222. The molecule has 1 aromatic heterocycles. The number of aryl methyl sites for hydroxylation is 1. The highest BCUT2D eigenvalue weighted by molar-refractivity contribution is 5.47. The number of methoxy groups -OCH3 is 1. The molecule has 7 heteroatoms.